The van der Waals surface area contributed by atoms with Gasteiger partial charge in [-0.1, -0.05) is 23.7 Å². The Morgan fingerprint density at radius 2 is 1.92 bits per heavy atom. The molecule has 3 aliphatic heterocycles. The number of amides is 1. The molecule has 0 spiro atoms. The van der Waals surface area contributed by atoms with Gasteiger partial charge in [-0.2, -0.15) is 0 Å². The lowest BCUT2D eigenvalue weighted by Gasteiger charge is -2.39. The fourth-order valence-electron chi connectivity index (χ4n) is 5.03. The zero-order valence-electron chi connectivity index (χ0n) is 14.5. The van der Waals surface area contributed by atoms with Crippen LogP contribution in [0.4, 0.5) is 10.5 Å². The number of aryl methyl sites for hydroxylation is 1. The van der Waals surface area contributed by atoms with Crippen molar-refractivity contribution < 1.29 is 9.90 Å². The molecule has 0 bridgehead atoms. The van der Waals surface area contributed by atoms with Crippen molar-refractivity contribution in [2.24, 2.45) is 0 Å². The van der Waals surface area contributed by atoms with Crippen LogP contribution in [0.25, 0.3) is 11.1 Å². The van der Waals surface area contributed by atoms with E-state index in [2.05, 4.69) is 29.2 Å². The molecule has 0 radical (unpaired) electrons. The third-order valence-electron chi connectivity index (χ3n) is 6.17. The normalized spacial score (nSPS) is 23.6. The summed E-state index contributed by atoms with van der Waals surface area (Å²) in [7, 11) is 0. The average Bonchev–Trinajstić information content (AvgIpc) is 2.97. The van der Waals surface area contributed by atoms with Gasteiger partial charge in [0.15, 0.2) is 0 Å². The lowest BCUT2D eigenvalue weighted by atomic mass is 9.87. The van der Waals surface area contributed by atoms with Gasteiger partial charge < -0.3 is 14.9 Å². The molecule has 26 heavy (non-hydrogen) atoms. The highest BCUT2D eigenvalue weighted by Crippen LogP contribution is 2.50. The summed E-state index contributed by atoms with van der Waals surface area (Å²) in [6.45, 7) is 2.34. The minimum absolute atomic E-state index is 0.277. The third-order valence-corrected chi connectivity index (χ3v) is 6.43. The van der Waals surface area contributed by atoms with Gasteiger partial charge in [-0.05, 0) is 65.8 Å². The first-order valence-corrected chi connectivity index (χ1v) is 9.67. The minimum Gasteiger partial charge on any atom is -0.465 e. The van der Waals surface area contributed by atoms with Crippen molar-refractivity contribution in [1.29, 1.82) is 0 Å². The molecule has 134 valence electrons. The molecule has 0 aliphatic carbocycles. The first-order chi connectivity index (χ1) is 12.6. The Hall–Kier alpha value is -2.20. The number of carbonyl (C=O) groups is 1. The molecule has 0 saturated carbocycles. The van der Waals surface area contributed by atoms with Crippen molar-refractivity contribution in [2.45, 2.75) is 31.2 Å². The van der Waals surface area contributed by atoms with E-state index in [9.17, 15) is 9.90 Å². The predicted molar refractivity (Wildman–Crippen MR) is 103 cm³/mol. The molecule has 5 heteroatoms. The maximum Gasteiger partial charge on any atom is 0.407 e. The Morgan fingerprint density at radius 1 is 1.12 bits per heavy atom. The molecule has 1 saturated heterocycles. The number of anilines is 1. The van der Waals surface area contributed by atoms with E-state index in [1.54, 1.807) is 4.90 Å². The summed E-state index contributed by atoms with van der Waals surface area (Å²) in [6, 6.07) is 13.0. The number of nitrogens with zero attached hydrogens (tertiary/aromatic N) is 2. The van der Waals surface area contributed by atoms with Crippen molar-refractivity contribution >= 4 is 23.4 Å². The van der Waals surface area contributed by atoms with Crippen LogP contribution in [0.1, 0.15) is 29.9 Å². The number of fused-ring (bicyclic) bond motifs is 3. The van der Waals surface area contributed by atoms with Crippen LogP contribution in [0.3, 0.4) is 0 Å². The summed E-state index contributed by atoms with van der Waals surface area (Å²) < 4.78 is 0. The largest absolute Gasteiger partial charge is 0.465 e. The summed E-state index contributed by atoms with van der Waals surface area (Å²) in [4.78, 5) is 15.6. The molecule has 1 amide bonds. The fourth-order valence-corrected chi connectivity index (χ4v) is 5.15. The monoisotopic (exact) mass is 368 g/mol. The van der Waals surface area contributed by atoms with Crippen molar-refractivity contribution in [3.8, 4) is 11.1 Å². The molecule has 1 fully saturated rings. The van der Waals surface area contributed by atoms with E-state index in [1.165, 1.54) is 34.4 Å². The number of hydrogen-bond donors (Lipinski definition) is 1. The molecule has 3 heterocycles. The smallest absolute Gasteiger partial charge is 0.407 e. The van der Waals surface area contributed by atoms with Gasteiger partial charge >= 0.3 is 6.09 Å². The summed E-state index contributed by atoms with van der Waals surface area (Å²) in [5, 5.41) is 10.2. The molecule has 3 aliphatic rings. The SMILES string of the molecule is O=C(O)N1CC[C@H]2[C@@H](C1)c1cc(-c3ccc(Cl)cc3)cc3c1N2CCC3. The van der Waals surface area contributed by atoms with Crippen LogP contribution in [0.15, 0.2) is 36.4 Å². The lowest BCUT2D eigenvalue weighted by Crippen LogP contribution is -2.48. The Bertz CT molecular complexity index is 880. The molecule has 0 unspecified atom stereocenters. The van der Waals surface area contributed by atoms with Crippen LogP contribution >= 0.6 is 11.6 Å². The van der Waals surface area contributed by atoms with Crippen molar-refractivity contribution in [2.75, 3.05) is 24.5 Å². The molecule has 2 aromatic rings. The van der Waals surface area contributed by atoms with Gasteiger partial charge in [0.25, 0.3) is 0 Å². The summed E-state index contributed by atoms with van der Waals surface area (Å²) in [5.41, 5.74) is 6.51. The van der Waals surface area contributed by atoms with E-state index in [4.69, 9.17) is 11.6 Å². The van der Waals surface area contributed by atoms with E-state index >= 15 is 0 Å². The molecule has 2 atom stereocenters. The van der Waals surface area contributed by atoms with Gasteiger partial charge in [0.05, 0.1) is 0 Å². The Labute approximate surface area is 158 Å². The van der Waals surface area contributed by atoms with Gasteiger partial charge in [0.1, 0.15) is 0 Å². The third kappa shape index (κ3) is 2.39. The molecule has 0 aromatic heterocycles. The van der Waals surface area contributed by atoms with E-state index in [0.29, 0.717) is 19.1 Å². The van der Waals surface area contributed by atoms with Crippen LogP contribution in [0.2, 0.25) is 5.02 Å². The van der Waals surface area contributed by atoms with Gasteiger partial charge in [-0.25, -0.2) is 4.79 Å². The quantitative estimate of drug-likeness (QED) is 0.799. The van der Waals surface area contributed by atoms with Crippen LogP contribution in [-0.2, 0) is 6.42 Å². The predicted octanol–water partition coefficient (Wildman–Crippen LogP) is 4.61. The van der Waals surface area contributed by atoms with Crippen LogP contribution < -0.4 is 4.90 Å². The van der Waals surface area contributed by atoms with Crippen LogP contribution in [0.5, 0.6) is 0 Å². The van der Waals surface area contributed by atoms with Crippen molar-refractivity contribution in [3.05, 3.63) is 52.5 Å². The molecular formula is C21H21ClN2O2. The standard InChI is InChI=1S/C21H21ClN2O2/c22-16-5-3-13(4-6-16)15-10-14-2-1-8-24-19-7-9-23(21(25)26)12-18(19)17(11-15)20(14)24/h3-6,10-11,18-19H,1-2,7-9,12H2,(H,25,26)/t18-,19-/m0/s1. The second-order valence-electron chi connectivity index (χ2n) is 7.57. The summed E-state index contributed by atoms with van der Waals surface area (Å²) in [5.74, 6) is 0.277. The highest BCUT2D eigenvalue weighted by Gasteiger charge is 2.44. The summed E-state index contributed by atoms with van der Waals surface area (Å²) >= 11 is 6.05. The molecular weight excluding hydrogens is 348 g/mol. The topological polar surface area (TPSA) is 43.8 Å². The first-order valence-electron chi connectivity index (χ1n) is 9.29. The van der Waals surface area contributed by atoms with Crippen LogP contribution in [-0.4, -0.2) is 41.8 Å². The highest BCUT2D eigenvalue weighted by atomic mass is 35.5. The number of carboxylic acid groups (broad SMARTS) is 1. The van der Waals surface area contributed by atoms with Gasteiger partial charge in [-0.15, -0.1) is 0 Å². The van der Waals surface area contributed by atoms with E-state index in [0.717, 1.165) is 24.4 Å². The Morgan fingerprint density at radius 3 is 2.69 bits per heavy atom. The first kappa shape index (κ1) is 16.0. The van der Waals surface area contributed by atoms with E-state index in [-0.39, 0.29) is 5.92 Å². The number of benzene rings is 2. The fraction of sp³-hybridized carbons (Fsp3) is 0.381. The van der Waals surface area contributed by atoms with Crippen LogP contribution in [0, 0.1) is 0 Å². The number of hydrogen-bond acceptors (Lipinski definition) is 2. The number of piperidine rings is 1. The van der Waals surface area contributed by atoms with E-state index in [1.807, 2.05) is 12.1 Å². The maximum absolute atomic E-state index is 11.5. The Balaban J connectivity index is 1.61. The molecule has 1 N–H and O–H groups in total. The second-order valence-corrected chi connectivity index (χ2v) is 8.00. The zero-order valence-corrected chi connectivity index (χ0v) is 15.2. The molecule has 4 nitrogen and oxygen atoms in total. The second kappa shape index (κ2) is 5.92. The maximum atomic E-state index is 11.5. The Kier molecular flexibility index (Phi) is 3.64. The summed E-state index contributed by atoms with van der Waals surface area (Å²) in [6.07, 6.45) is 2.39. The van der Waals surface area contributed by atoms with Gasteiger partial charge in [-0.3, -0.25) is 0 Å². The highest BCUT2D eigenvalue weighted by molar-refractivity contribution is 6.30. The number of halogens is 1. The minimum atomic E-state index is -0.799. The average molecular weight is 369 g/mol. The molecule has 5 rings (SSSR count). The van der Waals surface area contributed by atoms with Crippen molar-refractivity contribution in [3.63, 3.8) is 0 Å². The van der Waals surface area contributed by atoms with Gasteiger partial charge in [0, 0.05) is 42.3 Å². The number of likely N-dealkylation sites (tertiary alicyclic amines) is 1. The van der Waals surface area contributed by atoms with Gasteiger partial charge in [0.2, 0.25) is 0 Å². The lowest BCUT2D eigenvalue weighted by molar-refractivity contribution is 0.127. The van der Waals surface area contributed by atoms with E-state index < -0.39 is 6.09 Å². The number of rotatable bonds is 1. The zero-order chi connectivity index (χ0) is 17.8. The molecule has 2 aromatic carbocycles. The van der Waals surface area contributed by atoms with Crippen molar-refractivity contribution in [1.82, 2.24) is 4.90 Å².